The minimum absolute atomic E-state index is 0.0112. The molecule has 11 N–H and O–H groups in total. The third-order valence-electron chi connectivity index (χ3n) is 12.4. The summed E-state index contributed by atoms with van der Waals surface area (Å²) in [6.45, 7) is 2.52. The van der Waals surface area contributed by atoms with E-state index in [9.17, 15) is 63.0 Å². The Morgan fingerprint density at radius 3 is 1.94 bits per heavy atom. The highest BCUT2D eigenvalue weighted by atomic mass is 32.2. The van der Waals surface area contributed by atoms with Crippen LogP contribution in [0.5, 0.6) is 0 Å². The monoisotopic (exact) mass is 1230 g/mol. The molecule has 3 heterocycles. The fraction of sp³-hybridized carbons (Fsp3) is 0.623. The number of phosphoric ester groups is 3. The molecular formula is C53H86N7O18P3S. The van der Waals surface area contributed by atoms with Crippen molar-refractivity contribution in [3.63, 3.8) is 0 Å². The molecular weight excluding hydrogens is 1150 g/mol. The first kappa shape index (κ1) is 72.2. The van der Waals surface area contributed by atoms with E-state index in [0.29, 0.717) is 6.42 Å². The van der Waals surface area contributed by atoms with Crippen molar-refractivity contribution in [2.75, 3.05) is 37.8 Å². The molecule has 1 saturated heterocycles. The average Bonchev–Trinajstić information content (AvgIpc) is 4.16. The van der Waals surface area contributed by atoms with Crippen molar-refractivity contribution in [1.82, 2.24) is 30.2 Å². The maximum atomic E-state index is 12.8. The normalized spacial score (nSPS) is 19.6. The SMILES string of the molecule is CC/C=C\C/C=C\C/C=C\C/C=C\C/C=C\C/C=C\CCCCCCCCCC[C@@H](O)CC(=O)SCCNC(=O)CCNC(=O)[C@H](O)C(C)(C)COP(=O)(O)OP(=O)(O)OC[C@H]1O[C@@H](n2cnc3c(N)ncnc32)[C@H](O)[C@@H]1OP(=O)(O)O. The van der Waals surface area contributed by atoms with Gasteiger partial charge in [-0.3, -0.25) is 32.5 Å². The third-order valence-corrected chi connectivity index (χ3v) is 16.4. The lowest BCUT2D eigenvalue weighted by molar-refractivity contribution is -0.137. The maximum Gasteiger partial charge on any atom is 0.481 e. The maximum absolute atomic E-state index is 12.8. The Kier molecular flexibility index (Phi) is 34.2. The van der Waals surface area contributed by atoms with Crippen molar-refractivity contribution < 1.29 is 85.6 Å². The molecule has 462 valence electrons. The number of allylic oxidation sites excluding steroid dienone is 12. The van der Waals surface area contributed by atoms with Gasteiger partial charge in [-0.1, -0.05) is 150 Å². The Morgan fingerprint density at radius 2 is 1.34 bits per heavy atom. The zero-order valence-corrected chi connectivity index (χ0v) is 50.5. The van der Waals surface area contributed by atoms with E-state index in [-0.39, 0.29) is 53.8 Å². The van der Waals surface area contributed by atoms with Crippen LogP contribution in [-0.2, 0) is 50.7 Å². The predicted octanol–water partition coefficient (Wildman–Crippen LogP) is 8.01. The molecule has 25 nitrogen and oxygen atoms in total. The van der Waals surface area contributed by atoms with E-state index >= 15 is 0 Å². The first-order chi connectivity index (χ1) is 38.9. The van der Waals surface area contributed by atoms with Crippen LogP contribution in [0.2, 0.25) is 0 Å². The molecule has 0 radical (unpaired) electrons. The predicted molar refractivity (Wildman–Crippen MR) is 312 cm³/mol. The van der Waals surface area contributed by atoms with Gasteiger partial charge in [-0.15, -0.1) is 0 Å². The molecule has 2 amide bonds. The Bertz CT molecular complexity index is 2580. The summed E-state index contributed by atoms with van der Waals surface area (Å²) in [5, 5.41) is 36.8. The number of aliphatic hydroxyl groups is 3. The highest BCUT2D eigenvalue weighted by molar-refractivity contribution is 8.13. The molecule has 3 rings (SSSR count). The van der Waals surface area contributed by atoms with E-state index in [0.717, 1.165) is 99.6 Å². The molecule has 1 aliphatic heterocycles. The number of hydrogen-bond donors (Lipinski definition) is 10. The number of hydrogen-bond acceptors (Lipinski definition) is 19. The lowest BCUT2D eigenvalue weighted by Gasteiger charge is -2.30. The standard InChI is InChI=1S/C53H86N7O18P3S/c1-4-5-6-7-8-9-10-11-12-13-14-15-16-17-18-19-20-21-22-23-24-25-26-27-28-29-30-31-41(61)36-44(63)82-35-34-55-43(62)32-33-56-51(66)48(65)53(2,3)38-75-81(72,73)78-80(70,71)74-37-42-47(77-79(67,68)69)46(64)52(76-42)60-40-59-45-49(54)57-39-58-50(45)60/h5-6,8-9,11-12,14-15,17-18,20-21,39-42,46-48,52,61,64-65H,4,7,10,13,16,19,22-38H2,1-3H3,(H,55,62)(H,56,66)(H,70,71)(H,72,73)(H2,54,57,58)(H2,67,68,69)/b6-5-,9-8-,12-11-,15-14-,18-17-,21-20-/t41-,42-,46-,47-,48+,52-/m1/s1. The number of anilines is 1. The fourth-order valence-corrected chi connectivity index (χ4v) is 11.6. The first-order valence-electron chi connectivity index (χ1n) is 27.6. The lowest BCUT2D eigenvalue weighted by Crippen LogP contribution is -2.46. The number of carbonyl (C=O) groups is 3. The number of carbonyl (C=O) groups excluding carboxylic acids is 3. The quantitative estimate of drug-likeness (QED) is 0.0171. The number of nitrogen functional groups attached to an aromatic ring is 1. The number of ether oxygens (including phenoxy) is 1. The number of amides is 2. The van der Waals surface area contributed by atoms with E-state index in [1.54, 1.807) is 0 Å². The molecule has 0 spiro atoms. The number of aliphatic hydroxyl groups excluding tert-OH is 3. The van der Waals surface area contributed by atoms with Gasteiger partial charge >= 0.3 is 23.5 Å². The largest absolute Gasteiger partial charge is 0.481 e. The Hall–Kier alpha value is -4.04. The van der Waals surface area contributed by atoms with Gasteiger partial charge < -0.3 is 56.0 Å². The fourth-order valence-electron chi connectivity index (χ4n) is 7.99. The second-order valence-corrected chi connectivity index (χ2v) is 25.4. The number of fused-ring (bicyclic) bond motifs is 1. The van der Waals surface area contributed by atoms with Crippen LogP contribution in [0, 0.1) is 5.41 Å². The van der Waals surface area contributed by atoms with Crippen LogP contribution in [0.25, 0.3) is 11.2 Å². The molecule has 0 bridgehead atoms. The zero-order chi connectivity index (χ0) is 60.4. The second-order valence-electron chi connectivity index (χ2n) is 20.0. The number of nitrogens with one attached hydrogen (secondary N) is 2. The molecule has 8 atom stereocenters. The van der Waals surface area contributed by atoms with Gasteiger partial charge in [0.2, 0.25) is 11.8 Å². The summed E-state index contributed by atoms with van der Waals surface area (Å²) in [7, 11) is -16.5. The number of phosphoric acid groups is 3. The first-order valence-corrected chi connectivity index (χ1v) is 33.1. The van der Waals surface area contributed by atoms with Gasteiger partial charge in [0.15, 0.2) is 22.8 Å². The molecule has 0 aliphatic carbocycles. The summed E-state index contributed by atoms with van der Waals surface area (Å²) in [5.41, 5.74) is 4.26. The molecule has 1 fully saturated rings. The third kappa shape index (κ3) is 30.2. The van der Waals surface area contributed by atoms with E-state index < -0.39 is 90.7 Å². The lowest BCUT2D eigenvalue weighted by atomic mass is 9.87. The van der Waals surface area contributed by atoms with Gasteiger partial charge in [0.25, 0.3) is 0 Å². The van der Waals surface area contributed by atoms with Crippen molar-refractivity contribution in [3.05, 3.63) is 85.6 Å². The van der Waals surface area contributed by atoms with Gasteiger partial charge in [-0.05, 0) is 57.8 Å². The van der Waals surface area contributed by atoms with Crippen molar-refractivity contribution in [3.8, 4) is 0 Å². The van der Waals surface area contributed by atoms with Crippen LogP contribution >= 0.6 is 35.2 Å². The minimum atomic E-state index is -5.60. The van der Waals surface area contributed by atoms with Crippen molar-refractivity contribution in [2.24, 2.45) is 5.41 Å². The van der Waals surface area contributed by atoms with Gasteiger partial charge in [0, 0.05) is 37.1 Å². The molecule has 2 unspecified atom stereocenters. The Labute approximate surface area is 484 Å². The van der Waals surface area contributed by atoms with Gasteiger partial charge in [0.1, 0.15) is 36.3 Å². The van der Waals surface area contributed by atoms with E-state index in [1.807, 2.05) is 0 Å². The highest BCUT2D eigenvalue weighted by Crippen LogP contribution is 2.61. The number of unbranched alkanes of at least 4 members (excludes halogenated alkanes) is 8. The summed E-state index contributed by atoms with van der Waals surface area (Å²) in [6.07, 6.45) is 35.3. The molecule has 0 saturated carbocycles. The summed E-state index contributed by atoms with van der Waals surface area (Å²) in [6, 6.07) is 0. The van der Waals surface area contributed by atoms with Crippen molar-refractivity contribution in [1.29, 1.82) is 0 Å². The highest BCUT2D eigenvalue weighted by Gasteiger charge is 2.50. The van der Waals surface area contributed by atoms with E-state index in [2.05, 4.69) is 114 Å². The van der Waals surface area contributed by atoms with Crippen LogP contribution < -0.4 is 16.4 Å². The number of aromatic nitrogens is 4. The topological polar surface area (TPSA) is 384 Å². The smallest absolute Gasteiger partial charge is 0.393 e. The van der Waals surface area contributed by atoms with Crippen molar-refractivity contribution >= 4 is 69.1 Å². The van der Waals surface area contributed by atoms with Gasteiger partial charge in [-0.2, -0.15) is 4.31 Å². The summed E-state index contributed by atoms with van der Waals surface area (Å²) >= 11 is 0.995. The van der Waals surface area contributed by atoms with E-state index in [1.165, 1.54) is 39.5 Å². The van der Waals surface area contributed by atoms with Crippen molar-refractivity contribution in [2.45, 2.75) is 173 Å². The molecule has 0 aromatic carbocycles. The average molecular weight is 1230 g/mol. The second kappa shape index (κ2) is 38.8. The number of nitrogens with zero attached hydrogens (tertiary/aromatic N) is 4. The van der Waals surface area contributed by atoms with Crippen LogP contribution in [0.15, 0.2) is 85.6 Å². The van der Waals surface area contributed by atoms with Gasteiger partial charge in [-0.25, -0.2) is 28.6 Å². The number of rotatable bonds is 43. The van der Waals surface area contributed by atoms with E-state index in [4.69, 9.17) is 19.5 Å². The number of nitrogens with two attached hydrogens (primary N) is 1. The summed E-state index contributed by atoms with van der Waals surface area (Å²) in [4.78, 5) is 88.8. The van der Waals surface area contributed by atoms with Crippen LogP contribution in [-0.4, -0.2) is 134 Å². The zero-order valence-electron chi connectivity index (χ0n) is 47.0. The van der Waals surface area contributed by atoms with Gasteiger partial charge in [0.05, 0.1) is 25.6 Å². The molecule has 2 aromatic rings. The Morgan fingerprint density at radius 1 is 0.780 bits per heavy atom. The molecule has 82 heavy (non-hydrogen) atoms. The molecule has 1 aliphatic rings. The van der Waals surface area contributed by atoms with Crippen LogP contribution in [0.3, 0.4) is 0 Å². The molecule has 29 heteroatoms. The van der Waals surface area contributed by atoms with Crippen LogP contribution in [0.1, 0.15) is 143 Å². The number of imidazole rings is 1. The Balaban J connectivity index is 1.19. The minimum Gasteiger partial charge on any atom is -0.393 e. The summed E-state index contributed by atoms with van der Waals surface area (Å²) < 4.78 is 62.6. The number of thioether (sulfide) groups is 1. The van der Waals surface area contributed by atoms with Crippen LogP contribution in [0.4, 0.5) is 5.82 Å². The summed E-state index contributed by atoms with van der Waals surface area (Å²) in [5.74, 6) is -1.24. The molecule has 2 aromatic heterocycles.